The average Bonchev–Trinajstić information content (AvgIpc) is 3.17. The van der Waals surface area contributed by atoms with Crippen LogP contribution < -0.4 is 15.7 Å². The predicted molar refractivity (Wildman–Crippen MR) is 120 cm³/mol. The molecule has 0 atom stereocenters. The summed E-state index contributed by atoms with van der Waals surface area (Å²) in [6, 6.07) is 15.0. The van der Waals surface area contributed by atoms with Crippen molar-refractivity contribution in [2.45, 2.75) is 0 Å². The number of anilines is 2. The van der Waals surface area contributed by atoms with Crippen molar-refractivity contribution in [1.82, 2.24) is 10.4 Å². The molecule has 4 rings (SSSR count). The number of piperazine rings is 1. The fourth-order valence-corrected chi connectivity index (χ4v) is 4.69. The highest BCUT2D eigenvalue weighted by atomic mass is 35.5. The zero-order chi connectivity index (χ0) is 21.1. The maximum absolute atomic E-state index is 12.5. The van der Waals surface area contributed by atoms with Gasteiger partial charge in [0, 0.05) is 47.3 Å². The summed E-state index contributed by atoms with van der Waals surface area (Å²) in [5.41, 5.74) is 3.42. The van der Waals surface area contributed by atoms with Gasteiger partial charge in [-0.2, -0.15) is 0 Å². The third kappa shape index (κ3) is 4.73. The van der Waals surface area contributed by atoms with Crippen molar-refractivity contribution >= 4 is 56.2 Å². The quantitative estimate of drug-likeness (QED) is 0.414. The highest BCUT2D eigenvalue weighted by molar-refractivity contribution is 7.20. The van der Waals surface area contributed by atoms with E-state index in [9.17, 15) is 9.59 Å². The Bertz CT molecular complexity index is 1080. The first-order chi connectivity index (χ1) is 14.5. The molecule has 0 radical (unpaired) electrons. The van der Waals surface area contributed by atoms with Gasteiger partial charge in [0.25, 0.3) is 5.91 Å². The van der Waals surface area contributed by atoms with E-state index in [-0.39, 0.29) is 5.91 Å². The van der Waals surface area contributed by atoms with Crippen LogP contribution in [0.2, 0.25) is 5.02 Å². The first-order valence-electron chi connectivity index (χ1n) is 9.52. The Morgan fingerprint density at radius 1 is 1.07 bits per heavy atom. The average molecular weight is 445 g/mol. The maximum atomic E-state index is 12.5. The van der Waals surface area contributed by atoms with Crippen LogP contribution >= 0.6 is 22.9 Å². The predicted octanol–water partition coefficient (Wildman–Crippen LogP) is 3.43. The van der Waals surface area contributed by atoms with E-state index >= 15 is 0 Å². The molecule has 0 bridgehead atoms. The number of hydroxylamine groups is 1. The van der Waals surface area contributed by atoms with Crippen molar-refractivity contribution in [3.05, 3.63) is 58.4 Å². The number of amides is 2. The van der Waals surface area contributed by atoms with Crippen molar-refractivity contribution < 1.29 is 14.8 Å². The molecule has 9 heteroatoms. The summed E-state index contributed by atoms with van der Waals surface area (Å²) in [7, 11) is 0. The van der Waals surface area contributed by atoms with Gasteiger partial charge in [0.05, 0.1) is 11.4 Å². The molecule has 2 heterocycles. The number of thiophene rings is 1. The largest absolute Gasteiger partial charge is 0.369 e. The van der Waals surface area contributed by atoms with Crippen LogP contribution in [0.15, 0.2) is 48.5 Å². The molecule has 156 valence electrons. The van der Waals surface area contributed by atoms with Crippen molar-refractivity contribution in [3.63, 3.8) is 0 Å². The number of nitrogens with zero attached hydrogens (tertiary/aromatic N) is 2. The fourth-order valence-electron chi connectivity index (χ4n) is 3.52. The molecule has 3 aromatic rings. The Hall–Kier alpha value is -2.65. The molecule has 1 aromatic heterocycles. The highest BCUT2D eigenvalue weighted by Crippen LogP contribution is 2.28. The molecule has 3 N–H and O–H groups in total. The monoisotopic (exact) mass is 444 g/mol. The number of carbonyl (C=O) groups is 2. The Morgan fingerprint density at radius 3 is 2.60 bits per heavy atom. The second-order valence-corrected chi connectivity index (χ2v) is 8.62. The summed E-state index contributed by atoms with van der Waals surface area (Å²) in [6.07, 6.45) is 0. The number of hydrogen-bond acceptors (Lipinski definition) is 6. The zero-order valence-corrected chi connectivity index (χ0v) is 17.7. The number of hydrogen-bond donors (Lipinski definition) is 3. The van der Waals surface area contributed by atoms with Gasteiger partial charge in [0.15, 0.2) is 0 Å². The Labute approximate surface area is 182 Å². The highest BCUT2D eigenvalue weighted by Gasteiger charge is 2.19. The minimum Gasteiger partial charge on any atom is -0.369 e. The van der Waals surface area contributed by atoms with E-state index in [1.807, 2.05) is 42.5 Å². The van der Waals surface area contributed by atoms with Gasteiger partial charge in [-0.25, -0.2) is 5.48 Å². The van der Waals surface area contributed by atoms with Crippen LogP contribution in [0.3, 0.4) is 0 Å². The lowest BCUT2D eigenvalue weighted by Crippen LogP contribution is -2.48. The van der Waals surface area contributed by atoms with Crippen LogP contribution in [-0.4, -0.2) is 54.6 Å². The van der Waals surface area contributed by atoms with Gasteiger partial charge in [-0.1, -0.05) is 23.7 Å². The molecular formula is C21H21ClN4O3S. The fraction of sp³-hybridized carbons (Fsp3) is 0.238. The second-order valence-electron chi connectivity index (χ2n) is 7.10. The summed E-state index contributed by atoms with van der Waals surface area (Å²) in [4.78, 5) is 28.9. The van der Waals surface area contributed by atoms with Crippen LogP contribution in [-0.2, 0) is 4.79 Å². The third-order valence-corrected chi connectivity index (χ3v) is 6.37. The summed E-state index contributed by atoms with van der Waals surface area (Å²) in [5, 5.41) is 13.3. The summed E-state index contributed by atoms with van der Waals surface area (Å²) >= 11 is 7.34. The van der Waals surface area contributed by atoms with Gasteiger partial charge in [-0.05, 0) is 41.8 Å². The number of rotatable bonds is 5. The van der Waals surface area contributed by atoms with Crippen LogP contribution in [0.1, 0.15) is 9.67 Å². The van der Waals surface area contributed by atoms with Crippen molar-refractivity contribution in [2.24, 2.45) is 0 Å². The maximum Gasteiger partial charge on any atom is 0.284 e. The number of carbonyl (C=O) groups excluding carboxylic acids is 2. The molecule has 1 fully saturated rings. The van der Waals surface area contributed by atoms with Crippen LogP contribution in [0.5, 0.6) is 0 Å². The summed E-state index contributed by atoms with van der Waals surface area (Å²) in [5.74, 6) is -0.617. The van der Waals surface area contributed by atoms with E-state index in [0.29, 0.717) is 17.1 Å². The van der Waals surface area contributed by atoms with Gasteiger partial charge >= 0.3 is 0 Å². The number of benzene rings is 2. The smallest absolute Gasteiger partial charge is 0.284 e. The molecule has 2 aromatic carbocycles. The second kappa shape index (κ2) is 9.01. The summed E-state index contributed by atoms with van der Waals surface area (Å²) in [6.45, 7) is 3.59. The number of fused-ring (bicyclic) bond motifs is 1. The van der Waals surface area contributed by atoms with Crippen molar-refractivity contribution in [3.8, 4) is 0 Å². The van der Waals surface area contributed by atoms with Gasteiger partial charge in [0.1, 0.15) is 0 Å². The van der Waals surface area contributed by atoms with Crippen molar-refractivity contribution in [2.75, 3.05) is 42.9 Å². The zero-order valence-electron chi connectivity index (χ0n) is 16.1. The van der Waals surface area contributed by atoms with E-state index in [0.717, 1.165) is 47.0 Å². The van der Waals surface area contributed by atoms with Gasteiger partial charge < -0.3 is 10.2 Å². The van der Waals surface area contributed by atoms with E-state index in [2.05, 4.69) is 15.1 Å². The number of nitrogens with one attached hydrogen (secondary N) is 2. The standard InChI is InChI=1S/C21H21ClN4O3S/c22-15-2-1-3-17(11-15)26-8-6-25(7-9-26)13-20(27)23-16-5-4-14-10-19(21(28)24-29)30-18(14)12-16/h1-5,10-12,29H,6-9,13H2,(H,23,27)(H,24,28). The molecule has 0 spiro atoms. The molecule has 2 amide bonds. The van der Waals surface area contributed by atoms with E-state index in [1.54, 1.807) is 11.5 Å². The summed E-state index contributed by atoms with van der Waals surface area (Å²) < 4.78 is 0.863. The van der Waals surface area contributed by atoms with Crippen LogP contribution in [0.25, 0.3) is 10.1 Å². The molecule has 30 heavy (non-hydrogen) atoms. The molecule has 0 unspecified atom stereocenters. The van der Waals surface area contributed by atoms with E-state index in [1.165, 1.54) is 11.3 Å². The lowest BCUT2D eigenvalue weighted by Gasteiger charge is -2.35. The molecule has 0 saturated carbocycles. The van der Waals surface area contributed by atoms with Gasteiger partial charge in [-0.3, -0.25) is 19.7 Å². The molecule has 1 saturated heterocycles. The van der Waals surface area contributed by atoms with Gasteiger partial charge in [0.2, 0.25) is 5.91 Å². The molecule has 0 aliphatic carbocycles. The van der Waals surface area contributed by atoms with Crippen molar-refractivity contribution in [1.29, 1.82) is 0 Å². The van der Waals surface area contributed by atoms with E-state index < -0.39 is 5.91 Å². The molecular weight excluding hydrogens is 424 g/mol. The normalized spacial score (nSPS) is 14.7. The minimum absolute atomic E-state index is 0.0737. The lowest BCUT2D eigenvalue weighted by atomic mass is 10.2. The molecule has 7 nitrogen and oxygen atoms in total. The topological polar surface area (TPSA) is 84.9 Å². The first-order valence-corrected chi connectivity index (χ1v) is 10.7. The third-order valence-electron chi connectivity index (χ3n) is 5.04. The number of halogens is 1. The van der Waals surface area contributed by atoms with E-state index in [4.69, 9.17) is 16.8 Å². The minimum atomic E-state index is -0.543. The van der Waals surface area contributed by atoms with Crippen LogP contribution in [0.4, 0.5) is 11.4 Å². The SMILES string of the molecule is O=C(CN1CCN(c2cccc(Cl)c2)CC1)Nc1ccc2cc(C(=O)NO)sc2c1. The Morgan fingerprint density at radius 2 is 1.87 bits per heavy atom. The van der Waals surface area contributed by atoms with Gasteiger partial charge in [-0.15, -0.1) is 11.3 Å². The lowest BCUT2D eigenvalue weighted by molar-refractivity contribution is -0.117. The molecule has 1 aliphatic heterocycles. The first kappa shape index (κ1) is 20.6. The Balaban J connectivity index is 1.32. The molecule has 1 aliphatic rings. The Kier molecular flexibility index (Phi) is 6.19. The van der Waals surface area contributed by atoms with Crippen LogP contribution in [0, 0.1) is 0 Å².